The Hall–Kier alpha value is -2.52. The van der Waals surface area contributed by atoms with Crippen molar-refractivity contribution in [1.82, 2.24) is 9.97 Å². The predicted molar refractivity (Wildman–Crippen MR) is 103 cm³/mol. The van der Waals surface area contributed by atoms with Crippen molar-refractivity contribution in [3.8, 4) is 0 Å². The van der Waals surface area contributed by atoms with E-state index in [-0.39, 0.29) is 17.3 Å². The van der Waals surface area contributed by atoms with Gasteiger partial charge in [0.15, 0.2) is 0 Å². The summed E-state index contributed by atoms with van der Waals surface area (Å²) in [6.07, 6.45) is 2.08. The quantitative estimate of drug-likeness (QED) is 0.429. The van der Waals surface area contributed by atoms with Gasteiger partial charge in [-0.3, -0.25) is 10.1 Å². The number of hydrogen-bond acceptors (Lipinski definition) is 7. The minimum absolute atomic E-state index is 0.154. The lowest BCUT2D eigenvalue weighted by atomic mass is 10.3. The normalized spacial score (nSPS) is 10.4. The SMILES string of the molecule is O=[N+]([O-])c1c(NCCc2cccs2)ncnc1Nc1ccc(Br)cc1. The smallest absolute Gasteiger partial charge is 0.353 e. The van der Waals surface area contributed by atoms with E-state index in [1.807, 2.05) is 29.6 Å². The van der Waals surface area contributed by atoms with Crippen LogP contribution in [0.1, 0.15) is 4.88 Å². The standard InChI is InChI=1S/C16H14BrN5O2S/c17-11-3-5-12(6-4-11)21-16-14(22(23)24)15(19-10-20-16)18-8-7-13-2-1-9-25-13/h1-6,9-10H,7-8H2,(H2,18,19,20,21). The van der Waals surface area contributed by atoms with E-state index in [1.54, 1.807) is 23.5 Å². The molecule has 128 valence electrons. The molecule has 25 heavy (non-hydrogen) atoms. The number of halogens is 1. The fourth-order valence-electron chi connectivity index (χ4n) is 2.20. The Balaban J connectivity index is 1.78. The zero-order chi connectivity index (χ0) is 17.6. The first-order valence-corrected chi connectivity index (χ1v) is 9.09. The van der Waals surface area contributed by atoms with Gasteiger partial charge >= 0.3 is 5.69 Å². The van der Waals surface area contributed by atoms with Crippen molar-refractivity contribution >= 4 is 50.3 Å². The third-order valence-corrected chi connectivity index (χ3v) is 4.82. The highest BCUT2D eigenvalue weighted by atomic mass is 79.9. The highest BCUT2D eigenvalue weighted by Gasteiger charge is 2.22. The number of rotatable bonds is 7. The molecule has 0 unspecified atom stereocenters. The van der Waals surface area contributed by atoms with Gasteiger partial charge in [-0.2, -0.15) is 0 Å². The number of nitro groups is 1. The molecule has 0 fully saturated rings. The van der Waals surface area contributed by atoms with Crippen LogP contribution < -0.4 is 10.6 Å². The van der Waals surface area contributed by atoms with Crippen LogP contribution in [0.25, 0.3) is 0 Å². The summed E-state index contributed by atoms with van der Waals surface area (Å²) in [6.45, 7) is 0.552. The maximum absolute atomic E-state index is 11.5. The van der Waals surface area contributed by atoms with Gasteiger partial charge in [0.25, 0.3) is 0 Å². The average molecular weight is 420 g/mol. The number of nitrogens with one attached hydrogen (secondary N) is 2. The van der Waals surface area contributed by atoms with Gasteiger partial charge < -0.3 is 10.6 Å². The van der Waals surface area contributed by atoms with Crippen LogP contribution in [-0.4, -0.2) is 21.4 Å². The van der Waals surface area contributed by atoms with Gasteiger partial charge in [0.1, 0.15) is 6.33 Å². The summed E-state index contributed by atoms with van der Waals surface area (Å²) in [5.74, 6) is 0.358. The average Bonchev–Trinajstić information content (AvgIpc) is 3.10. The van der Waals surface area contributed by atoms with Crippen molar-refractivity contribution in [2.24, 2.45) is 0 Å². The van der Waals surface area contributed by atoms with E-state index >= 15 is 0 Å². The van der Waals surface area contributed by atoms with E-state index in [1.165, 1.54) is 11.2 Å². The van der Waals surface area contributed by atoms with E-state index in [9.17, 15) is 10.1 Å². The monoisotopic (exact) mass is 419 g/mol. The Bertz CT molecular complexity index is 855. The molecule has 2 N–H and O–H groups in total. The lowest BCUT2D eigenvalue weighted by Gasteiger charge is -2.10. The van der Waals surface area contributed by atoms with E-state index < -0.39 is 4.92 Å². The van der Waals surface area contributed by atoms with E-state index in [2.05, 4.69) is 36.5 Å². The Labute approximate surface area is 156 Å². The zero-order valence-electron chi connectivity index (χ0n) is 13.0. The molecule has 0 atom stereocenters. The molecule has 2 aromatic heterocycles. The lowest BCUT2D eigenvalue weighted by Crippen LogP contribution is -2.10. The van der Waals surface area contributed by atoms with Crippen molar-refractivity contribution < 1.29 is 4.92 Å². The Morgan fingerprint density at radius 2 is 1.92 bits per heavy atom. The molecule has 0 aliphatic heterocycles. The third-order valence-electron chi connectivity index (χ3n) is 3.36. The lowest BCUT2D eigenvalue weighted by molar-refractivity contribution is -0.383. The van der Waals surface area contributed by atoms with Crippen LogP contribution in [0.2, 0.25) is 0 Å². The topological polar surface area (TPSA) is 93.0 Å². The number of hydrogen-bond donors (Lipinski definition) is 2. The molecule has 0 bridgehead atoms. The third kappa shape index (κ3) is 4.52. The summed E-state index contributed by atoms with van der Waals surface area (Å²) >= 11 is 5.01. The number of aromatic nitrogens is 2. The fraction of sp³-hybridized carbons (Fsp3) is 0.125. The van der Waals surface area contributed by atoms with Gasteiger partial charge in [-0.1, -0.05) is 22.0 Å². The Morgan fingerprint density at radius 3 is 2.60 bits per heavy atom. The fourth-order valence-corrected chi connectivity index (χ4v) is 3.17. The highest BCUT2D eigenvalue weighted by Crippen LogP contribution is 2.31. The maximum atomic E-state index is 11.5. The van der Waals surface area contributed by atoms with Gasteiger partial charge in [0.05, 0.1) is 4.92 Å². The summed E-state index contributed by atoms with van der Waals surface area (Å²) < 4.78 is 0.922. The molecule has 0 saturated heterocycles. The summed E-state index contributed by atoms with van der Waals surface area (Å²) in [5, 5.41) is 19.5. The van der Waals surface area contributed by atoms with Gasteiger partial charge in [-0.15, -0.1) is 11.3 Å². The molecule has 0 aliphatic rings. The summed E-state index contributed by atoms with van der Waals surface area (Å²) in [5.41, 5.74) is 0.533. The highest BCUT2D eigenvalue weighted by molar-refractivity contribution is 9.10. The van der Waals surface area contributed by atoms with Crippen molar-refractivity contribution in [3.63, 3.8) is 0 Å². The molecular formula is C16H14BrN5O2S. The first-order chi connectivity index (χ1) is 12.1. The molecule has 1 aromatic carbocycles. The zero-order valence-corrected chi connectivity index (χ0v) is 15.4. The van der Waals surface area contributed by atoms with Crippen LogP contribution in [0.3, 0.4) is 0 Å². The van der Waals surface area contributed by atoms with Crippen LogP contribution in [0.4, 0.5) is 23.0 Å². The van der Waals surface area contributed by atoms with Gasteiger partial charge in [-0.25, -0.2) is 9.97 Å². The van der Waals surface area contributed by atoms with E-state index in [0.717, 1.165) is 10.9 Å². The van der Waals surface area contributed by atoms with Crippen molar-refractivity contribution in [1.29, 1.82) is 0 Å². The molecule has 0 aliphatic carbocycles. The minimum atomic E-state index is -0.478. The van der Waals surface area contributed by atoms with Crippen LogP contribution >= 0.6 is 27.3 Å². The van der Waals surface area contributed by atoms with Gasteiger partial charge in [0.2, 0.25) is 11.6 Å². The first-order valence-electron chi connectivity index (χ1n) is 7.41. The molecule has 0 spiro atoms. The van der Waals surface area contributed by atoms with Gasteiger partial charge in [-0.05, 0) is 42.1 Å². The molecule has 7 nitrogen and oxygen atoms in total. The molecule has 3 aromatic rings. The molecule has 0 saturated carbocycles. The summed E-state index contributed by atoms with van der Waals surface area (Å²) in [4.78, 5) is 20.3. The second kappa shape index (κ2) is 8.04. The molecule has 9 heteroatoms. The molecule has 0 radical (unpaired) electrons. The van der Waals surface area contributed by atoms with Crippen molar-refractivity contribution in [2.45, 2.75) is 6.42 Å². The largest absolute Gasteiger partial charge is 0.364 e. The van der Waals surface area contributed by atoms with E-state index in [0.29, 0.717) is 12.2 Å². The maximum Gasteiger partial charge on any atom is 0.353 e. The second-order valence-electron chi connectivity index (χ2n) is 5.06. The molecular weight excluding hydrogens is 406 g/mol. The second-order valence-corrected chi connectivity index (χ2v) is 7.01. The number of thiophene rings is 1. The summed E-state index contributed by atoms with van der Waals surface area (Å²) in [7, 11) is 0. The molecule has 0 amide bonds. The Morgan fingerprint density at radius 1 is 1.16 bits per heavy atom. The number of nitrogens with zero attached hydrogens (tertiary/aromatic N) is 3. The van der Waals surface area contributed by atoms with Crippen LogP contribution in [0, 0.1) is 10.1 Å². The van der Waals surface area contributed by atoms with E-state index in [4.69, 9.17) is 0 Å². The van der Waals surface area contributed by atoms with Crippen molar-refractivity contribution in [2.75, 3.05) is 17.2 Å². The van der Waals surface area contributed by atoms with Crippen LogP contribution in [-0.2, 0) is 6.42 Å². The van der Waals surface area contributed by atoms with Gasteiger partial charge in [0, 0.05) is 21.6 Å². The predicted octanol–water partition coefficient (Wildman–Crippen LogP) is 4.61. The Kier molecular flexibility index (Phi) is 5.56. The van der Waals surface area contributed by atoms with Crippen LogP contribution in [0.5, 0.6) is 0 Å². The first kappa shape index (κ1) is 17.3. The summed E-state index contributed by atoms with van der Waals surface area (Å²) in [6, 6.07) is 11.3. The number of benzene rings is 1. The van der Waals surface area contributed by atoms with Crippen LogP contribution in [0.15, 0.2) is 52.6 Å². The minimum Gasteiger partial charge on any atom is -0.364 e. The number of anilines is 3. The molecule has 3 rings (SSSR count). The van der Waals surface area contributed by atoms with Crippen molar-refractivity contribution in [3.05, 3.63) is 67.6 Å². The molecule has 2 heterocycles.